The zero-order chi connectivity index (χ0) is 16.7. The van der Waals surface area contributed by atoms with Gasteiger partial charge < -0.3 is 20.9 Å². The van der Waals surface area contributed by atoms with Crippen LogP contribution in [0.3, 0.4) is 0 Å². The number of aromatic nitrogens is 2. The van der Waals surface area contributed by atoms with Gasteiger partial charge in [-0.25, -0.2) is 4.98 Å². The molecule has 0 aliphatic carbocycles. The first kappa shape index (κ1) is 14.8. The molecule has 0 aliphatic heterocycles. The molecule has 7 nitrogen and oxygen atoms in total. The zero-order valence-corrected chi connectivity index (χ0v) is 13.0. The average Bonchev–Trinajstić information content (AvgIpc) is 2.80. The maximum absolute atomic E-state index is 11.5. The molecule has 3 aromatic rings. The number of pyridine rings is 1. The summed E-state index contributed by atoms with van der Waals surface area (Å²) in [5, 5.41) is 9.86. The monoisotopic (exact) mass is 310 g/mol. The smallest absolute Gasteiger partial charge is 0.252 e. The quantitative estimate of drug-likeness (QED) is 0.501. The Morgan fingerprint density at radius 2 is 2.00 bits per heavy atom. The first-order valence-corrected chi connectivity index (χ1v) is 7.12. The van der Waals surface area contributed by atoms with Crippen LogP contribution in [-0.2, 0) is 6.54 Å². The summed E-state index contributed by atoms with van der Waals surface area (Å²) in [5.41, 5.74) is 13.0. The number of carbonyl (C=O) groups excluding carboxylic acids is 1. The molecule has 0 radical (unpaired) electrons. The van der Waals surface area contributed by atoms with Gasteiger partial charge in [0.1, 0.15) is 17.3 Å². The minimum absolute atomic E-state index is 0.102. The van der Waals surface area contributed by atoms with E-state index in [2.05, 4.69) is 4.98 Å². The van der Waals surface area contributed by atoms with E-state index in [0.29, 0.717) is 18.0 Å². The van der Waals surface area contributed by atoms with E-state index in [1.54, 1.807) is 11.0 Å². The summed E-state index contributed by atoms with van der Waals surface area (Å²) in [6, 6.07) is 9.44. The Morgan fingerprint density at radius 1 is 1.30 bits per heavy atom. The molecule has 23 heavy (non-hydrogen) atoms. The summed E-state index contributed by atoms with van der Waals surface area (Å²) in [6.07, 6.45) is 0. The fourth-order valence-corrected chi connectivity index (χ4v) is 2.62. The van der Waals surface area contributed by atoms with Gasteiger partial charge in [0.2, 0.25) is 0 Å². The maximum atomic E-state index is 11.5. The molecule has 1 aromatic carbocycles. The van der Waals surface area contributed by atoms with Crippen LogP contribution in [0.4, 0.5) is 5.82 Å². The third kappa shape index (κ3) is 2.36. The lowest BCUT2D eigenvalue weighted by Crippen LogP contribution is -2.25. The molecule has 1 amide bonds. The minimum atomic E-state index is -0.602. The highest BCUT2D eigenvalue weighted by Gasteiger charge is 2.17. The van der Waals surface area contributed by atoms with E-state index < -0.39 is 5.91 Å². The molecular weight excluding hydrogens is 292 g/mol. The van der Waals surface area contributed by atoms with Crippen LogP contribution in [0.1, 0.15) is 10.4 Å². The van der Waals surface area contributed by atoms with E-state index in [9.17, 15) is 4.79 Å². The summed E-state index contributed by atoms with van der Waals surface area (Å²) in [6.45, 7) is 0.360. The van der Waals surface area contributed by atoms with Gasteiger partial charge >= 0.3 is 0 Å². The van der Waals surface area contributed by atoms with E-state index in [0.717, 1.165) is 16.3 Å². The molecule has 5 N–H and O–H groups in total. The highest BCUT2D eigenvalue weighted by atomic mass is 16.1. The number of benzene rings is 1. The minimum Gasteiger partial charge on any atom is -0.383 e. The fraction of sp³-hybridized carbons (Fsp3) is 0.188. The van der Waals surface area contributed by atoms with Crippen molar-refractivity contribution in [2.24, 2.45) is 5.73 Å². The number of fused-ring (bicyclic) bond motifs is 3. The SMILES string of the molecule is CN(C)C(=N)Cn1c2ccccc2c2cc(C(N)=O)c(N)nc21. The standard InChI is InChI=1S/C16H18N6O/c1-21(2)13(17)8-22-12-6-4-3-5-9(12)10-7-11(15(19)23)14(18)20-16(10)22/h3-7,17H,8H2,1-2H3,(H2,18,20)(H2,19,23). The lowest BCUT2D eigenvalue weighted by molar-refractivity contribution is 0.100. The number of rotatable bonds is 3. The molecule has 7 heteroatoms. The number of carbonyl (C=O) groups is 1. The van der Waals surface area contributed by atoms with Crippen molar-refractivity contribution in [1.82, 2.24) is 14.5 Å². The second-order valence-electron chi connectivity index (χ2n) is 5.60. The molecule has 2 aromatic heterocycles. The van der Waals surface area contributed by atoms with Crippen LogP contribution in [0.15, 0.2) is 30.3 Å². The van der Waals surface area contributed by atoms with E-state index in [-0.39, 0.29) is 11.4 Å². The molecule has 0 unspecified atom stereocenters. The number of nitrogens with zero attached hydrogens (tertiary/aromatic N) is 3. The van der Waals surface area contributed by atoms with Gasteiger partial charge in [0.25, 0.3) is 5.91 Å². The van der Waals surface area contributed by atoms with Gasteiger partial charge in [-0.3, -0.25) is 10.2 Å². The molecule has 0 saturated heterocycles. The van der Waals surface area contributed by atoms with E-state index >= 15 is 0 Å². The summed E-state index contributed by atoms with van der Waals surface area (Å²) in [4.78, 5) is 17.6. The number of nitrogens with one attached hydrogen (secondary N) is 1. The van der Waals surface area contributed by atoms with Crippen LogP contribution in [0, 0.1) is 5.41 Å². The summed E-state index contributed by atoms with van der Waals surface area (Å²) >= 11 is 0. The van der Waals surface area contributed by atoms with Crippen LogP contribution >= 0.6 is 0 Å². The first-order valence-electron chi connectivity index (χ1n) is 7.12. The molecular formula is C16H18N6O. The second-order valence-corrected chi connectivity index (χ2v) is 5.60. The van der Waals surface area contributed by atoms with Gasteiger partial charge in [0, 0.05) is 24.9 Å². The highest BCUT2D eigenvalue weighted by Crippen LogP contribution is 2.30. The van der Waals surface area contributed by atoms with Crippen molar-refractivity contribution in [2.45, 2.75) is 6.54 Å². The van der Waals surface area contributed by atoms with E-state index in [4.69, 9.17) is 16.9 Å². The third-order valence-electron chi connectivity index (χ3n) is 3.89. The van der Waals surface area contributed by atoms with E-state index in [1.165, 1.54) is 0 Å². The van der Waals surface area contributed by atoms with E-state index in [1.807, 2.05) is 42.9 Å². The molecule has 3 rings (SSSR count). The largest absolute Gasteiger partial charge is 0.383 e. The lowest BCUT2D eigenvalue weighted by atomic mass is 10.1. The average molecular weight is 310 g/mol. The lowest BCUT2D eigenvalue weighted by Gasteiger charge is -2.15. The van der Waals surface area contributed by atoms with Crippen LogP contribution in [0.25, 0.3) is 21.9 Å². The molecule has 0 atom stereocenters. The molecule has 0 aliphatic rings. The van der Waals surface area contributed by atoms with Gasteiger partial charge in [-0.2, -0.15) is 0 Å². The number of hydrogen-bond donors (Lipinski definition) is 3. The van der Waals surface area contributed by atoms with Gasteiger partial charge in [-0.05, 0) is 12.1 Å². The number of hydrogen-bond acceptors (Lipinski definition) is 4. The number of nitrogens with two attached hydrogens (primary N) is 2. The Morgan fingerprint density at radius 3 is 2.65 bits per heavy atom. The van der Waals surface area contributed by atoms with Crippen LogP contribution in [-0.4, -0.2) is 40.3 Å². The number of likely N-dealkylation sites (N-methyl/N-ethyl adjacent to an activating group) is 1. The molecule has 0 fully saturated rings. The predicted octanol–water partition coefficient (Wildman–Crippen LogP) is 1.41. The van der Waals surface area contributed by atoms with Crippen molar-refractivity contribution < 1.29 is 4.79 Å². The van der Waals surface area contributed by atoms with Gasteiger partial charge in [-0.15, -0.1) is 0 Å². The van der Waals surface area contributed by atoms with Crippen LogP contribution < -0.4 is 11.5 Å². The van der Waals surface area contributed by atoms with Gasteiger partial charge in [0.05, 0.1) is 17.6 Å². The second kappa shape index (κ2) is 5.28. The van der Waals surface area contributed by atoms with Crippen molar-refractivity contribution in [1.29, 1.82) is 5.41 Å². The number of para-hydroxylation sites is 1. The van der Waals surface area contributed by atoms with Gasteiger partial charge in [0.15, 0.2) is 0 Å². The zero-order valence-electron chi connectivity index (χ0n) is 13.0. The summed E-state index contributed by atoms with van der Waals surface area (Å²) in [7, 11) is 3.65. The Balaban J connectivity index is 2.35. The van der Waals surface area contributed by atoms with Crippen LogP contribution in [0.2, 0.25) is 0 Å². The fourth-order valence-electron chi connectivity index (χ4n) is 2.62. The maximum Gasteiger partial charge on any atom is 0.252 e. The van der Waals surface area contributed by atoms with Crippen molar-refractivity contribution in [2.75, 3.05) is 19.8 Å². The molecule has 0 spiro atoms. The normalized spacial score (nSPS) is 11.0. The first-order chi connectivity index (χ1) is 10.9. The Bertz CT molecular complexity index is 941. The van der Waals surface area contributed by atoms with Crippen molar-refractivity contribution in [3.63, 3.8) is 0 Å². The Labute approximate surface area is 133 Å². The van der Waals surface area contributed by atoms with Crippen molar-refractivity contribution >= 4 is 39.5 Å². The Kier molecular flexibility index (Phi) is 3.40. The number of amides is 1. The summed E-state index contributed by atoms with van der Waals surface area (Å²) in [5.74, 6) is -0.0628. The number of nitrogen functional groups attached to an aromatic ring is 1. The number of anilines is 1. The molecule has 0 bridgehead atoms. The molecule has 0 saturated carbocycles. The molecule has 118 valence electrons. The predicted molar refractivity (Wildman–Crippen MR) is 91.6 cm³/mol. The topological polar surface area (TPSA) is 114 Å². The van der Waals surface area contributed by atoms with Crippen molar-refractivity contribution in [3.05, 3.63) is 35.9 Å². The number of primary amides is 1. The Hall–Kier alpha value is -3.09. The van der Waals surface area contributed by atoms with Crippen LogP contribution in [0.5, 0.6) is 0 Å². The molecule has 2 heterocycles. The highest BCUT2D eigenvalue weighted by molar-refractivity contribution is 6.11. The van der Waals surface area contributed by atoms with Crippen molar-refractivity contribution in [3.8, 4) is 0 Å². The third-order valence-corrected chi connectivity index (χ3v) is 3.89. The van der Waals surface area contributed by atoms with Gasteiger partial charge in [-0.1, -0.05) is 18.2 Å². The number of amidine groups is 1. The summed E-state index contributed by atoms with van der Waals surface area (Å²) < 4.78 is 1.92.